The van der Waals surface area contributed by atoms with Crippen molar-refractivity contribution in [3.05, 3.63) is 35.9 Å². The number of carbonyl (C=O) groups is 1. The van der Waals surface area contributed by atoms with Crippen LogP contribution in [0.25, 0.3) is 0 Å². The van der Waals surface area contributed by atoms with E-state index in [-0.39, 0.29) is 0 Å². The van der Waals surface area contributed by atoms with E-state index in [0.717, 1.165) is 24.3 Å². The second-order valence-electron chi connectivity index (χ2n) is 9.49. The van der Waals surface area contributed by atoms with Gasteiger partial charge in [-0.3, -0.25) is 4.79 Å². The first kappa shape index (κ1) is 24.2. The molecule has 0 unspecified atom stereocenters. The van der Waals surface area contributed by atoms with E-state index in [1.807, 2.05) is 18.2 Å². The zero-order valence-electron chi connectivity index (χ0n) is 19.0. The van der Waals surface area contributed by atoms with Crippen molar-refractivity contribution < 1.29 is 4.79 Å². The normalized spacial score (nSPS) is 14.9. The van der Waals surface area contributed by atoms with Crippen LogP contribution in [0.2, 0.25) is 0 Å². The zero-order chi connectivity index (χ0) is 20.4. The summed E-state index contributed by atoms with van der Waals surface area (Å²) in [6.45, 7) is 0. The first-order valence-electron chi connectivity index (χ1n) is 12.9. The second-order valence-corrected chi connectivity index (χ2v) is 9.49. The van der Waals surface area contributed by atoms with Gasteiger partial charge in [-0.1, -0.05) is 139 Å². The van der Waals surface area contributed by atoms with Crippen molar-refractivity contribution in [2.45, 2.75) is 128 Å². The van der Waals surface area contributed by atoms with E-state index in [1.54, 1.807) is 0 Å². The topological polar surface area (TPSA) is 17.1 Å². The van der Waals surface area contributed by atoms with E-state index in [2.05, 4.69) is 12.1 Å². The van der Waals surface area contributed by atoms with Gasteiger partial charge >= 0.3 is 0 Å². The van der Waals surface area contributed by atoms with Crippen LogP contribution in [0.1, 0.15) is 128 Å². The van der Waals surface area contributed by atoms with E-state index < -0.39 is 0 Å². The molecule has 0 radical (unpaired) electrons. The third kappa shape index (κ3) is 12.9. The fourth-order valence-corrected chi connectivity index (χ4v) is 4.91. The molecule has 0 bridgehead atoms. The maximum Gasteiger partial charge on any atom is 0.137 e. The molecule has 2 rings (SSSR count). The Kier molecular flexibility index (Phi) is 13.9. The average Bonchev–Trinajstić information content (AvgIpc) is 2.75. The summed E-state index contributed by atoms with van der Waals surface area (Å²) in [4.78, 5) is 12.0. The summed E-state index contributed by atoms with van der Waals surface area (Å²) in [5, 5.41) is 0. The third-order valence-corrected chi connectivity index (χ3v) is 6.79. The van der Waals surface area contributed by atoms with Crippen molar-refractivity contribution in [3.63, 3.8) is 0 Å². The molecule has 1 aromatic rings. The van der Waals surface area contributed by atoms with E-state index in [1.165, 1.54) is 109 Å². The Morgan fingerprint density at radius 3 is 1.76 bits per heavy atom. The quantitative estimate of drug-likeness (QED) is 0.239. The molecule has 1 heteroatoms. The summed E-state index contributed by atoms with van der Waals surface area (Å²) >= 11 is 0. The molecule has 1 aromatic carbocycles. The van der Waals surface area contributed by atoms with Gasteiger partial charge in [0.05, 0.1) is 0 Å². The molecule has 1 fully saturated rings. The summed E-state index contributed by atoms with van der Waals surface area (Å²) in [6.07, 6.45) is 26.9. The Bertz CT molecular complexity index is 500. The summed E-state index contributed by atoms with van der Waals surface area (Å²) in [7, 11) is 0. The Morgan fingerprint density at radius 2 is 1.17 bits per heavy atom. The lowest BCUT2D eigenvalue weighted by atomic mass is 9.85. The monoisotopic (exact) mass is 398 g/mol. The molecule has 0 heterocycles. The molecule has 1 saturated carbocycles. The maximum atomic E-state index is 12.0. The summed E-state index contributed by atoms with van der Waals surface area (Å²) in [6, 6.07) is 10.1. The van der Waals surface area contributed by atoms with E-state index in [4.69, 9.17) is 0 Å². The van der Waals surface area contributed by atoms with E-state index >= 15 is 0 Å². The predicted octanol–water partition coefficient (Wildman–Crippen LogP) is 8.84. The highest BCUT2D eigenvalue weighted by Gasteiger charge is 2.12. The lowest BCUT2D eigenvalue weighted by molar-refractivity contribution is -0.118. The molecule has 0 aliphatic heterocycles. The van der Waals surface area contributed by atoms with Crippen LogP contribution in [0, 0.1) is 5.92 Å². The number of benzene rings is 1. The standard InChI is InChI=1S/C28H46O/c29-28(25-27-22-16-12-17-23-27)24-18-10-8-6-4-2-1-3-5-7-9-13-19-26-20-14-11-15-21-26/h12,16-17,22-23,26H,1-11,13-15,18-21,24-25H2. The highest BCUT2D eigenvalue weighted by molar-refractivity contribution is 5.80. The number of ketones is 1. The van der Waals surface area contributed by atoms with E-state index in [9.17, 15) is 4.79 Å². The second kappa shape index (κ2) is 16.7. The van der Waals surface area contributed by atoms with Crippen molar-refractivity contribution in [1.29, 1.82) is 0 Å². The first-order valence-corrected chi connectivity index (χ1v) is 12.9. The van der Waals surface area contributed by atoms with Gasteiger partial charge in [-0.2, -0.15) is 0 Å². The SMILES string of the molecule is O=C(CCCCCCCCCCCCCCC1CCCCC1)Cc1ccccc1. The molecule has 0 N–H and O–H groups in total. The van der Waals surface area contributed by atoms with Gasteiger partial charge in [0.15, 0.2) is 0 Å². The minimum atomic E-state index is 0.398. The summed E-state index contributed by atoms with van der Waals surface area (Å²) in [5.41, 5.74) is 1.15. The third-order valence-electron chi connectivity index (χ3n) is 6.79. The molecule has 29 heavy (non-hydrogen) atoms. The van der Waals surface area contributed by atoms with E-state index in [0.29, 0.717) is 12.2 Å². The molecule has 164 valence electrons. The Hall–Kier alpha value is -1.11. The van der Waals surface area contributed by atoms with Gasteiger partial charge in [-0.25, -0.2) is 0 Å². The van der Waals surface area contributed by atoms with Crippen molar-refractivity contribution >= 4 is 5.78 Å². The van der Waals surface area contributed by atoms with Gasteiger partial charge in [0, 0.05) is 12.8 Å². The van der Waals surface area contributed by atoms with Crippen LogP contribution in [-0.4, -0.2) is 5.78 Å². The van der Waals surface area contributed by atoms with Crippen LogP contribution in [-0.2, 0) is 11.2 Å². The number of hydrogen-bond acceptors (Lipinski definition) is 1. The Balaban J connectivity index is 1.27. The van der Waals surface area contributed by atoms with Crippen molar-refractivity contribution in [2.75, 3.05) is 0 Å². The first-order chi connectivity index (χ1) is 14.3. The van der Waals surface area contributed by atoms with Crippen molar-refractivity contribution in [3.8, 4) is 0 Å². The predicted molar refractivity (Wildman–Crippen MR) is 126 cm³/mol. The molecular formula is C28H46O. The van der Waals surface area contributed by atoms with Crippen LogP contribution in [0.4, 0.5) is 0 Å². The molecule has 1 aliphatic rings. The number of Topliss-reactive ketones (excluding diaryl/α,β-unsaturated/α-hetero) is 1. The lowest BCUT2D eigenvalue weighted by Gasteiger charge is -2.21. The van der Waals surface area contributed by atoms with Crippen LogP contribution in [0.15, 0.2) is 30.3 Å². The van der Waals surface area contributed by atoms with Gasteiger partial charge in [0.1, 0.15) is 5.78 Å². The minimum absolute atomic E-state index is 0.398. The lowest BCUT2D eigenvalue weighted by Crippen LogP contribution is -2.05. The van der Waals surface area contributed by atoms with Crippen molar-refractivity contribution in [1.82, 2.24) is 0 Å². The highest BCUT2D eigenvalue weighted by atomic mass is 16.1. The molecule has 0 spiro atoms. The van der Waals surface area contributed by atoms with Crippen LogP contribution < -0.4 is 0 Å². The minimum Gasteiger partial charge on any atom is -0.299 e. The van der Waals surface area contributed by atoms with Gasteiger partial charge < -0.3 is 0 Å². The molecule has 1 nitrogen and oxygen atoms in total. The van der Waals surface area contributed by atoms with Crippen LogP contribution in [0.3, 0.4) is 0 Å². The molecule has 0 saturated heterocycles. The molecule has 0 aromatic heterocycles. The summed E-state index contributed by atoms with van der Waals surface area (Å²) in [5.74, 6) is 1.47. The number of unbranched alkanes of at least 4 members (excludes halogenated alkanes) is 11. The molecule has 0 atom stereocenters. The fraction of sp³-hybridized carbons (Fsp3) is 0.750. The average molecular weight is 399 g/mol. The molecule has 0 amide bonds. The smallest absolute Gasteiger partial charge is 0.137 e. The zero-order valence-corrected chi connectivity index (χ0v) is 19.0. The van der Waals surface area contributed by atoms with Gasteiger partial charge in [0.2, 0.25) is 0 Å². The maximum absolute atomic E-state index is 12.0. The summed E-state index contributed by atoms with van der Waals surface area (Å²) < 4.78 is 0. The van der Waals surface area contributed by atoms with Gasteiger partial charge in [-0.15, -0.1) is 0 Å². The molecule has 1 aliphatic carbocycles. The Morgan fingerprint density at radius 1 is 0.655 bits per heavy atom. The molecular weight excluding hydrogens is 352 g/mol. The van der Waals surface area contributed by atoms with Crippen LogP contribution >= 0.6 is 0 Å². The Labute approximate surface area is 181 Å². The van der Waals surface area contributed by atoms with Crippen molar-refractivity contribution in [2.24, 2.45) is 5.92 Å². The fourth-order valence-electron chi connectivity index (χ4n) is 4.91. The number of hydrogen-bond donors (Lipinski definition) is 0. The number of rotatable bonds is 17. The van der Waals surface area contributed by atoms with Gasteiger partial charge in [0.25, 0.3) is 0 Å². The largest absolute Gasteiger partial charge is 0.299 e. The number of carbonyl (C=O) groups excluding carboxylic acids is 1. The van der Waals surface area contributed by atoms with Gasteiger partial charge in [-0.05, 0) is 17.9 Å². The highest BCUT2D eigenvalue weighted by Crippen LogP contribution is 2.28. The van der Waals surface area contributed by atoms with Crippen LogP contribution in [0.5, 0.6) is 0 Å².